The summed E-state index contributed by atoms with van der Waals surface area (Å²) in [5.41, 5.74) is 2.00. The van der Waals surface area contributed by atoms with E-state index in [1.54, 1.807) is 13.0 Å². The van der Waals surface area contributed by atoms with Crippen molar-refractivity contribution in [2.24, 2.45) is 0 Å². The molecule has 0 aromatic heterocycles. The van der Waals surface area contributed by atoms with E-state index in [9.17, 15) is 4.79 Å². The smallest absolute Gasteiger partial charge is 0.330 e. The van der Waals surface area contributed by atoms with E-state index in [4.69, 9.17) is 14.5 Å². The minimum atomic E-state index is -0.329. The summed E-state index contributed by atoms with van der Waals surface area (Å²) < 4.78 is 4.81. The van der Waals surface area contributed by atoms with Crippen molar-refractivity contribution < 1.29 is 19.3 Å². The molecule has 0 aliphatic heterocycles. The molecule has 4 nitrogen and oxygen atoms in total. The van der Waals surface area contributed by atoms with E-state index >= 15 is 0 Å². The zero-order valence-corrected chi connectivity index (χ0v) is 11.9. The van der Waals surface area contributed by atoms with Crippen molar-refractivity contribution in [1.82, 2.24) is 0 Å². The van der Waals surface area contributed by atoms with E-state index in [2.05, 4.69) is 0 Å². The van der Waals surface area contributed by atoms with Crippen LogP contribution in [0.3, 0.4) is 0 Å². The topological polar surface area (TPSA) is 44.8 Å². The maximum atomic E-state index is 11.2. The fraction of sp³-hybridized carbons (Fsp3) is 0.312. The second-order valence-corrected chi connectivity index (χ2v) is 3.85. The third-order valence-electron chi connectivity index (χ3n) is 2.31. The lowest BCUT2D eigenvalue weighted by Gasteiger charge is -1.98. The van der Waals surface area contributed by atoms with Crippen LogP contribution < -0.4 is 0 Å². The third kappa shape index (κ3) is 6.87. The summed E-state index contributed by atoms with van der Waals surface area (Å²) in [6, 6.07) is 7.78. The molecule has 1 aromatic carbocycles. The molecule has 0 saturated carbocycles. The van der Waals surface area contributed by atoms with Gasteiger partial charge in [0.2, 0.25) is 0 Å². The van der Waals surface area contributed by atoms with Crippen molar-refractivity contribution in [1.29, 1.82) is 0 Å². The molecule has 20 heavy (non-hydrogen) atoms. The standard InChI is InChI=1S/C16H20O4/c1-3-18-16(17)12-11-15-9-7-14(8-10-15)6-5-13-20-19-4-2/h5-12H,3-4,13H2,1-2H3/b6-5-,12-11-. The zero-order valence-electron chi connectivity index (χ0n) is 11.9. The summed E-state index contributed by atoms with van der Waals surface area (Å²) in [4.78, 5) is 20.8. The molecular weight excluding hydrogens is 256 g/mol. The highest BCUT2D eigenvalue weighted by Crippen LogP contribution is 2.08. The molecule has 1 aromatic rings. The fourth-order valence-electron chi connectivity index (χ4n) is 1.43. The average molecular weight is 276 g/mol. The van der Waals surface area contributed by atoms with Crippen molar-refractivity contribution >= 4 is 18.1 Å². The van der Waals surface area contributed by atoms with Gasteiger partial charge < -0.3 is 4.74 Å². The van der Waals surface area contributed by atoms with E-state index in [1.165, 1.54) is 6.08 Å². The van der Waals surface area contributed by atoms with Crippen LogP contribution in [0.5, 0.6) is 0 Å². The minimum absolute atomic E-state index is 0.329. The van der Waals surface area contributed by atoms with Gasteiger partial charge in [-0.1, -0.05) is 36.4 Å². The van der Waals surface area contributed by atoms with Crippen molar-refractivity contribution in [3.05, 3.63) is 47.5 Å². The van der Waals surface area contributed by atoms with Gasteiger partial charge in [-0.05, 0) is 31.1 Å². The molecule has 0 bridgehead atoms. The second kappa shape index (κ2) is 9.95. The van der Waals surface area contributed by atoms with Crippen molar-refractivity contribution in [2.45, 2.75) is 13.8 Å². The van der Waals surface area contributed by atoms with Crippen LogP contribution in [-0.4, -0.2) is 25.8 Å². The summed E-state index contributed by atoms with van der Waals surface area (Å²) >= 11 is 0. The van der Waals surface area contributed by atoms with E-state index in [-0.39, 0.29) is 5.97 Å². The molecule has 0 aliphatic carbocycles. The summed E-state index contributed by atoms with van der Waals surface area (Å²) in [5.74, 6) is -0.329. The van der Waals surface area contributed by atoms with Gasteiger partial charge in [-0.15, -0.1) is 0 Å². The van der Waals surface area contributed by atoms with Crippen LogP contribution in [0.25, 0.3) is 12.2 Å². The molecule has 0 spiro atoms. The summed E-state index contributed by atoms with van der Waals surface area (Å²) in [7, 11) is 0. The molecule has 0 radical (unpaired) electrons. The normalized spacial score (nSPS) is 11.3. The van der Waals surface area contributed by atoms with Gasteiger partial charge in [0.05, 0.1) is 13.2 Å². The number of hydrogen-bond donors (Lipinski definition) is 0. The predicted molar refractivity (Wildman–Crippen MR) is 78.7 cm³/mol. The first-order chi connectivity index (χ1) is 9.76. The van der Waals surface area contributed by atoms with E-state index in [0.717, 1.165) is 11.1 Å². The van der Waals surface area contributed by atoms with Gasteiger partial charge in [0, 0.05) is 6.08 Å². The quantitative estimate of drug-likeness (QED) is 0.240. The molecular formula is C16H20O4. The molecule has 0 saturated heterocycles. The molecule has 0 heterocycles. The highest BCUT2D eigenvalue weighted by atomic mass is 17.2. The minimum Gasteiger partial charge on any atom is -0.463 e. The first kappa shape index (κ1) is 16.1. The Morgan fingerprint density at radius 1 is 1.00 bits per heavy atom. The van der Waals surface area contributed by atoms with Gasteiger partial charge >= 0.3 is 5.97 Å². The van der Waals surface area contributed by atoms with Crippen LogP contribution in [0.1, 0.15) is 25.0 Å². The van der Waals surface area contributed by atoms with Crippen LogP contribution in [0.15, 0.2) is 36.4 Å². The Hall–Kier alpha value is -1.91. The van der Waals surface area contributed by atoms with E-state index in [0.29, 0.717) is 19.8 Å². The van der Waals surface area contributed by atoms with Crippen molar-refractivity contribution in [3.63, 3.8) is 0 Å². The van der Waals surface area contributed by atoms with Crippen LogP contribution in [-0.2, 0) is 19.3 Å². The molecule has 0 unspecified atom stereocenters. The second-order valence-electron chi connectivity index (χ2n) is 3.85. The Kier molecular flexibility index (Phi) is 8.03. The molecule has 0 fully saturated rings. The number of hydrogen-bond acceptors (Lipinski definition) is 4. The molecule has 108 valence electrons. The monoisotopic (exact) mass is 276 g/mol. The Morgan fingerprint density at radius 2 is 1.65 bits per heavy atom. The number of carbonyl (C=O) groups excluding carboxylic acids is 1. The van der Waals surface area contributed by atoms with Crippen molar-refractivity contribution in [2.75, 3.05) is 19.8 Å². The summed E-state index contributed by atoms with van der Waals surface area (Å²) in [6.45, 7) is 4.98. The zero-order chi connectivity index (χ0) is 14.6. The molecule has 0 aliphatic rings. The fourth-order valence-corrected chi connectivity index (χ4v) is 1.43. The van der Waals surface area contributed by atoms with Crippen LogP contribution >= 0.6 is 0 Å². The Bertz CT molecular complexity index is 446. The third-order valence-corrected chi connectivity index (χ3v) is 2.31. The van der Waals surface area contributed by atoms with Gasteiger partial charge in [0.25, 0.3) is 0 Å². The lowest BCUT2D eigenvalue weighted by atomic mass is 10.1. The van der Waals surface area contributed by atoms with Gasteiger partial charge in [-0.2, -0.15) is 0 Å². The van der Waals surface area contributed by atoms with Gasteiger partial charge in [0.15, 0.2) is 0 Å². The predicted octanol–water partition coefficient (Wildman–Crippen LogP) is 3.24. The first-order valence-corrected chi connectivity index (χ1v) is 6.62. The molecule has 1 rings (SSSR count). The van der Waals surface area contributed by atoms with Gasteiger partial charge in [-0.3, -0.25) is 0 Å². The SMILES string of the molecule is CCOOC/C=C\c1ccc(/C=C\C(=O)OCC)cc1. The van der Waals surface area contributed by atoms with E-state index < -0.39 is 0 Å². The lowest BCUT2D eigenvalue weighted by molar-refractivity contribution is -0.282. The van der Waals surface area contributed by atoms with Crippen LogP contribution in [0, 0.1) is 0 Å². The highest BCUT2D eigenvalue weighted by molar-refractivity contribution is 5.87. The molecule has 0 amide bonds. The Morgan fingerprint density at radius 3 is 2.25 bits per heavy atom. The number of carbonyl (C=O) groups is 1. The van der Waals surface area contributed by atoms with Gasteiger partial charge in [0.1, 0.15) is 6.61 Å². The summed E-state index contributed by atoms with van der Waals surface area (Å²) in [6.07, 6.45) is 6.96. The van der Waals surface area contributed by atoms with E-state index in [1.807, 2.05) is 43.3 Å². The summed E-state index contributed by atoms with van der Waals surface area (Å²) in [5, 5.41) is 0. The maximum absolute atomic E-state index is 11.2. The Balaban J connectivity index is 2.45. The number of rotatable bonds is 8. The maximum Gasteiger partial charge on any atom is 0.330 e. The first-order valence-electron chi connectivity index (χ1n) is 6.62. The molecule has 0 N–H and O–H groups in total. The van der Waals surface area contributed by atoms with Crippen molar-refractivity contribution in [3.8, 4) is 0 Å². The number of ether oxygens (including phenoxy) is 1. The molecule has 4 heteroatoms. The van der Waals surface area contributed by atoms with Gasteiger partial charge in [-0.25, -0.2) is 14.6 Å². The van der Waals surface area contributed by atoms with Crippen LogP contribution in [0.4, 0.5) is 0 Å². The Labute approximate surface area is 119 Å². The van der Waals surface area contributed by atoms with Crippen LogP contribution in [0.2, 0.25) is 0 Å². The number of benzene rings is 1. The molecule has 0 atom stereocenters. The average Bonchev–Trinajstić information content (AvgIpc) is 2.46. The number of esters is 1. The highest BCUT2D eigenvalue weighted by Gasteiger charge is 1.94. The lowest BCUT2D eigenvalue weighted by Crippen LogP contribution is -1.98. The largest absolute Gasteiger partial charge is 0.463 e.